The third kappa shape index (κ3) is 13.7. The normalized spacial score (nSPS) is 8.58. The van der Waals surface area contributed by atoms with Gasteiger partial charge in [0.25, 0.3) is 0 Å². The number of phenolic OH excluding ortho intramolecular Hbond substituents is 2. The van der Waals surface area contributed by atoms with Crippen LogP contribution in [0, 0.1) is 0 Å². The molecule has 4 aromatic rings. The van der Waals surface area contributed by atoms with Crippen molar-refractivity contribution in [2.45, 2.75) is 13.8 Å². The van der Waals surface area contributed by atoms with Crippen LogP contribution in [-0.4, -0.2) is 21.8 Å². The van der Waals surface area contributed by atoms with E-state index < -0.39 is 0 Å². The molecule has 4 nitrogen and oxygen atoms in total. The second kappa shape index (κ2) is 16.7. The van der Waals surface area contributed by atoms with Crippen molar-refractivity contribution in [3.8, 4) is 11.5 Å². The molecule has 0 radical (unpaired) electrons. The molecule has 0 unspecified atom stereocenters. The third-order valence-electron chi connectivity index (χ3n) is 3.62. The van der Waals surface area contributed by atoms with Gasteiger partial charge in [-0.2, -0.15) is 36.4 Å². The van der Waals surface area contributed by atoms with E-state index >= 15 is 0 Å². The molecule has 31 heavy (non-hydrogen) atoms. The van der Waals surface area contributed by atoms with Gasteiger partial charge in [0.15, 0.2) is 11.6 Å². The van der Waals surface area contributed by atoms with Gasteiger partial charge in [0, 0.05) is 11.1 Å². The van der Waals surface area contributed by atoms with Crippen LogP contribution < -0.4 is 0 Å². The molecule has 0 aliphatic carbocycles. The monoisotopic (exact) mass is 492 g/mol. The maximum absolute atomic E-state index is 10.7. The summed E-state index contributed by atoms with van der Waals surface area (Å²) in [5, 5.41) is 17.8. The molecule has 4 rings (SSSR count). The molecule has 0 saturated heterocycles. The molecular formula is C26H26O4Zr. The van der Waals surface area contributed by atoms with Crippen molar-refractivity contribution < 1.29 is 46.0 Å². The van der Waals surface area contributed by atoms with E-state index in [9.17, 15) is 9.59 Å². The Kier molecular flexibility index (Phi) is 15.1. The largest absolute Gasteiger partial charge is 2.00 e. The summed E-state index contributed by atoms with van der Waals surface area (Å²) in [5.41, 5.74) is 1.08. The molecule has 0 aromatic heterocycles. The van der Waals surface area contributed by atoms with Crippen LogP contribution in [0.4, 0.5) is 0 Å². The molecular weight excluding hydrogens is 468 g/mol. The molecule has 5 heteroatoms. The van der Waals surface area contributed by atoms with Crippen LogP contribution in [0.5, 0.6) is 11.5 Å². The fourth-order valence-electron chi connectivity index (χ4n) is 2.09. The zero-order valence-corrected chi connectivity index (χ0v) is 20.1. The van der Waals surface area contributed by atoms with Crippen LogP contribution in [-0.2, 0) is 26.2 Å². The summed E-state index contributed by atoms with van der Waals surface area (Å²) in [7, 11) is 0. The Morgan fingerprint density at radius 1 is 0.613 bits per heavy atom. The zero-order chi connectivity index (χ0) is 22.2. The maximum atomic E-state index is 10.7. The van der Waals surface area contributed by atoms with E-state index in [1.54, 1.807) is 24.3 Å². The number of rotatable bonds is 2. The minimum absolute atomic E-state index is 0. The van der Waals surface area contributed by atoms with Crippen LogP contribution in [0.3, 0.4) is 0 Å². The van der Waals surface area contributed by atoms with E-state index in [1.165, 1.54) is 38.1 Å². The van der Waals surface area contributed by atoms with Crippen molar-refractivity contribution in [2.24, 2.45) is 0 Å². The van der Waals surface area contributed by atoms with Crippen molar-refractivity contribution in [1.82, 2.24) is 0 Å². The van der Waals surface area contributed by atoms with Crippen molar-refractivity contribution in [2.75, 3.05) is 0 Å². The van der Waals surface area contributed by atoms with Crippen LogP contribution in [0.1, 0.15) is 34.6 Å². The van der Waals surface area contributed by atoms with Crippen molar-refractivity contribution >= 4 is 11.6 Å². The predicted octanol–water partition coefficient (Wildman–Crippen LogP) is 6.00. The van der Waals surface area contributed by atoms with E-state index in [-0.39, 0.29) is 49.3 Å². The molecule has 2 N–H and O–H groups in total. The number of aromatic hydroxyl groups is 2. The molecule has 0 amide bonds. The van der Waals surface area contributed by atoms with Crippen molar-refractivity contribution in [1.29, 1.82) is 0 Å². The van der Waals surface area contributed by atoms with Gasteiger partial charge in [0.05, 0.1) is 0 Å². The first kappa shape index (κ1) is 28.0. The molecule has 0 aliphatic heterocycles. The summed E-state index contributed by atoms with van der Waals surface area (Å²) in [4.78, 5) is 21.4. The molecule has 0 atom stereocenters. The second-order valence-electron chi connectivity index (χ2n) is 6.14. The molecule has 0 saturated carbocycles. The van der Waals surface area contributed by atoms with Gasteiger partial charge in [-0.15, -0.1) is 0 Å². The quantitative estimate of drug-likeness (QED) is 0.265. The maximum Gasteiger partial charge on any atom is 2.00 e. The first-order chi connectivity index (χ1) is 14.4. The number of ketones is 2. The van der Waals surface area contributed by atoms with Gasteiger partial charge in [-0.3, -0.25) is 9.59 Å². The van der Waals surface area contributed by atoms with Gasteiger partial charge in [-0.25, -0.2) is 24.3 Å². The molecule has 158 valence electrons. The molecule has 0 spiro atoms. The summed E-state index contributed by atoms with van der Waals surface area (Å²) in [5.74, 6) is 0.201. The Hall–Kier alpha value is -3.04. The summed E-state index contributed by atoms with van der Waals surface area (Å²) >= 11 is 0. The molecule has 0 aliphatic rings. The Balaban J connectivity index is 0.000000401. The number of phenols is 2. The van der Waals surface area contributed by atoms with Gasteiger partial charge >= 0.3 is 26.2 Å². The second-order valence-corrected chi connectivity index (χ2v) is 6.14. The number of benzene rings is 2. The van der Waals surface area contributed by atoms with E-state index in [2.05, 4.69) is 0 Å². The van der Waals surface area contributed by atoms with E-state index in [0.717, 1.165) is 0 Å². The molecule has 4 aromatic carbocycles. The summed E-state index contributed by atoms with van der Waals surface area (Å²) in [6.45, 7) is 2.93. The first-order valence-electron chi connectivity index (χ1n) is 9.33. The molecule has 0 fully saturated rings. The fraction of sp³-hybridized carbons (Fsp3) is 0.0769. The summed E-state index contributed by atoms with van der Waals surface area (Å²) < 4.78 is 0. The van der Waals surface area contributed by atoms with E-state index in [4.69, 9.17) is 10.2 Å². The average molecular weight is 494 g/mol. The van der Waals surface area contributed by atoms with Crippen LogP contribution in [0.25, 0.3) is 0 Å². The Morgan fingerprint density at radius 3 is 1.10 bits per heavy atom. The van der Waals surface area contributed by atoms with E-state index in [0.29, 0.717) is 11.1 Å². The van der Waals surface area contributed by atoms with E-state index in [1.807, 2.05) is 60.7 Å². The minimum Gasteiger partial charge on any atom is -0.508 e. The summed E-state index contributed by atoms with van der Waals surface area (Å²) in [6, 6.07) is 32.6. The number of Topliss-reactive ketones (excluding diaryl/α,β-unsaturated/α-hetero) is 2. The van der Waals surface area contributed by atoms with Gasteiger partial charge in [-0.05, 0) is 38.1 Å². The topological polar surface area (TPSA) is 74.6 Å². The van der Waals surface area contributed by atoms with Crippen LogP contribution in [0.15, 0.2) is 109 Å². The third-order valence-corrected chi connectivity index (χ3v) is 3.62. The Morgan fingerprint density at radius 2 is 0.935 bits per heavy atom. The number of hydrogen-bond acceptors (Lipinski definition) is 4. The fourth-order valence-corrected chi connectivity index (χ4v) is 2.09. The Bertz CT molecular complexity index is 858. The van der Waals surface area contributed by atoms with Gasteiger partial charge < -0.3 is 10.2 Å². The first-order valence-corrected chi connectivity index (χ1v) is 9.33. The van der Waals surface area contributed by atoms with Gasteiger partial charge in [0.2, 0.25) is 0 Å². The zero-order valence-electron chi connectivity index (χ0n) is 17.6. The van der Waals surface area contributed by atoms with Crippen LogP contribution >= 0.6 is 0 Å². The minimum atomic E-state index is -0.0316. The van der Waals surface area contributed by atoms with Gasteiger partial charge in [0.1, 0.15) is 11.5 Å². The smallest absolute Gasteiger partial charge is 0.508 e. The number of carbonyl (C=O) groups excluding carboxylic acids is 2. The molecule has 0 bridgehead atoms. The van der Waals surface area contributed by atoms with Gasteiger partial charge in [-0.1, -0.05) is 24.3 Å². The SMILES string of the molecule is CC(=O)c1cccc(O)c1.CC(=O)c1cccc(O)c1.[Zr+2].c1cc[cH-]c1.c1cc[cH-]c1. The Labute approximate surface area is 202 Å². The number of hydrogen-bond donors (Lipinski definition) is 2. The molecule has 0 heterocycles. The van der Waals surface area contributed by atoms with Crippen molar-refractivity contribution in [3.63, 3.8) is 0 Å². The average Bonchev–Trinajstić information content (AvgIpc) is 3.47. The van der Waals surface area contributed by atoms with Crippen molar-refractivity contribution in [3.05, 3.63) is 120 Å². The standard InChI is InChI=1S/2C8H8O2.2C5H5.Zr/c2*1-6(9)7-3-2-4-8(10)5-7;2*1-2-4-5-3-1;/h2*2-5,10H,1H3;2*1-5H;/q;;2*-1;+2. The van der Waals surface area contributed by atoms with Crippen LogP contribution in [0.2, 0.25) is 0 Å². The number of carbonyl (C=O) groups is 2. The summed E-state index contributed by atoms with van der Waals surface area (Å²) in [6.07, 6.45) is 0. The predicted molar refractivity (Wildman–Crippen MR) is 120 cm³/mol.